The Labute approximate surface area is 216 Å². The van der Waals surface area contributed by atoms with Crippen molar-refractivity contribution in [1.82, 2.24) is 10.6 Å². The van der Waals surface area contributed by atoms with Crippen LogP contribution < -0.4 is 10.6 Å². The van der Waals surface area contributed by atoms with Gasteiger partial charge in [0.25, 0.3) is 5.91 Å². The Morgan fingerprint density at radius 2 is 1.68 bits per heavy atom. The number of amides is 2. The van der Waals surface area contributed by atoms with Crippen LogP contribution in [-0.2, 0) is 16.0 Å². The Morgan fingerprint density at radius 1 is 1.08 bits per heavy atom. The van der Waals surface area contributed by atoms with Crippen LogP contribution in [0.25, 0.3) is 5.70 Å². The summed E-state index contributed by atoms with van der Waals surface area (Å²) < 4.78 is 13.2. The maximum absolute atomic E-state index is 13.2. The minimum atomic E-state index is -1.09. The highest BCUT2D eigenvalue weighted by atomic mass is 19.1. The Bertz CT molecular complexity index is 1170. The highest BCUT2D eigenvalue weighted by Gasteiger charge is 2.30. The third kappa shape index (κ3) is 9.10. The third-order valence-electron chi connectivity index (χ3n) is 5.61. The van der Waals surface area contributed by atoms with Crippen LogP contribution in [0.1, 0.15) is 55.6 Å². The fraction of sp³-hybridized carbons (Fsp3) is 0.321. The second-order valence-corrected chi connectivity index (χ2v) is 9.33. The van der Waals surface area contributed by atoms with E-state index >= 15 is 0 Å². The number of carbonyl (C=O) groups excluding carboxylic acids is 2. The third-order valence-corrected chi connectivity index (χ3v) is 5.61. The largest absolute Gasteiger partial charge is 0.481 e. The summed E-state index contributed by atoms with van der Waals surface area (Å²) in [5.74, 6) is -3.34. The highest BCUT2D eigenvalue weighted by molar-refractivity contribution is 5.98. The summed E-state index contributed by atoms with van der Waals surface area (Å²) in [5.41, 5.74) is 1.60. The average Bonchev–Trinajstić information content (AvgIpc) is 2.85. The molecule has 0 saturated heterocycles. The van der Waals surface area contributed by atoms with Crippen LogP contribution in [0.15, 0.2) is 64.7 Å². The van der Waals surface area contributed by atoms with Gasteiger partial charge in [0.2, 0.25) is 5.91 Å². The van der Waals surface area contributed by atoms with Gasteiger partial charge < -0.3 is 15.7 Å². The molecule has 9 heteroatoms. The van der Waals surface area contributed by atoms with E-state index in [1.165, 1.54) is 19.1 Å². The fourth-order valence-electron chi connectivity index (χ4n) is 3.65. The lowest BCUT2D eigenvalue weighted by Gasteiger charge is -2.30. The summed E-state index contributed by atoms with van der Waals surface area (Å²) in [4.78, 5) is 45.6. The summed E-state index contributed by atoms with van der Waals surface area (Å²) in [6.45, 7) is 10.4. The standard InChI is InChI=1S/C28H33FN4O4/c1-6-31-17-24(30-5)20-9-11-21(12-10-20)25(34)32-23(15-18(2)27(36)37)26(35)33-28(3,4)16-19-7-13-22(29)14-8-19/h6-14,17-18,23H,5,15-16H2,1-4H3,(H,32,34)(H,33,35)(H,36,37)/b24-17-,31-6?/t18-,23-/m0/s1. The van der Waals surface area contributed by atoms with E-state index in [0.29, 0.717) is 17.7 Å². The first kappa shape index (κ1) is 29.1. The van der Waals surface area contributed by atoms with Gasteiger partial charge in [-0.25, -0.2) is 4.39 Å². The second-order valence-electron chi connectivity index (χ2n) is 9.33. The molecule has 0 fully saturated rings. The van der Waals surface area contributed by atoms with Gasteiger partial charge in [0.05, 0.1) is 17.8 Å². The summed E-state index contributed by atoms with van der Waals surface area (Å²) >= 11 is 0. The van der Waals surface area contributed by atoms with Crippen LogP contribution in [0.4, 0.5) is 4.39 Å². The Morgan fingerprint density at radius 3 is 2.22 bits per heavy atom. The zero-order valence-electron chi connectivity index (χ0n) is 21.5. The number of nitrogens with zero attached hydrogens (tertiary/aromatic N) is 2. The van der Waals surface area contributed by atoms with Crippen molar-refractivity contribution >= 4 is 36.4 Å². The van der Waals surface area contributed by atoms with Crippen molar-refractivity contribution in [1.29, 1.82) is 0 Å². The molecule has 0 aromatic heterocycles. The first-order valence-electron chi connectivity index (χ1n) is 11.8. The Hall–Kier alpha value is -4.14. The molecule has 0 aliphatic rings. The van der Waals surface area contributed by atoms with E-state index in [9.17, 15) is 23.9 Å². The van der Waals surface area contributed by atoms with Crippen LogP contribution >= 0.6 is 0 Å². The minimum absolute atomic E-state index is 0.0973. The predicted molar refractivity (Wildman–Crippen MR) is 143 cm³/mol. The van der Waals surface area contributed by atoms with Gasteiger partial charge in [-0.1, -0.05) is 31.2 Å². The van der Waals surface area contributed by atoms with E-state index in [-0.39, 0.29) is 17.8 Å². The zero-order valence-corrected chi connectivity index (χ0v) is 21.5. The number of carboxylic acids is 1. The lowest BCUT2D eigenvalue weighted by Crippen LogP contribution is -2.54. The number of benzene rings is 2. The average molecular weight is 509 g/mol. The molecule has 2 atom stereocenters. The number of hydrogen-bond acceptors (Lipinski definition) is 5. The maximum Gasteiger partial charge on any atom is 0.306 e. The van der Waals surface area contributed by atoms with Gasteiger partial charge in [0, 0.05) is 22.9 Å². The molecular formula is C28H33FN4O4. The fourth-order valence-corrected chi connectivity index (χ4v) is 3.65. The first-order valence-corrected chi connectivity index (χ1v) is 11.8. The molecule has 2 amide bonds. The molecule has 0 radical (unpaired) electrons. The van der Waals surface area contributed by atoms with Crippen LogP contribution in [0.5, 0.6) is 0 Å². The van der Waals surface area contributed by atoms with Crippen molar-refractivity contribution in [3.63, 3.8) is 0 Å². The van der Waals surface area contributed by atoms with Crippen molar-refractivity contribution in [3.05, 3.63) is 77.2 Å². The number of carbonyl (C=O) groups is 3. The van der Waals surface area contributed by atoms with Crippen molar-refractivity contribution < 1.29 is 23.9 Å². The topological polar surface area (TPSA) is 120 Å². The lowest BCUT2D eigenvalue weighted by molar-refractivity contribution is -0.141. The van der Waals surface area contributed by atoms with E-state index in [2.05, 4.69) is 27.3 Å². The van der Waals surface area contributed by atoms with Gasteiger partial charge in [0.15, 0.2) is 0 Å². The number of aliphatic carboxylic acids is 1. The lowest BCUT2D eigenvalue weighted by atomic mass is 9.93. The van der Waals surface area contributed by atoms with Crippen LogP contribution in [0.3, 0.4) is 0 Å². The Balaban J connectivity index is 2.19. The summed E-state index contributed by atoms with van der Waals surface area (Å²) in [6, 6.07) is 11.4. The Kier molecular flexibility index (Phi) is 10.4. The van der Waals surface area contributed by atoms with Crippen LogP contribution in [0, 0.1) is 11.7 Å². The molecular weight excluding hydrogens is 475 g/mol. The van der Waals surface area contributed by atoms with Gasteiger partial charge in [-0.15, -0.1) is 0 Å². The van der Waals surface area contributed by atoms with Crippen LogP contribution in [0.2, 0.25) is 0 Å². The molecule has 0 saturated carbocycles. The van der Waals surface area contributed by atoms with Crippen molar-refractivity contribution in [2.75, 3.05) is 0 Å². The molecule has 37 heavy (non-hydrogen) atoms. The first-order chi connectivity index (χ1) is 17.5. The number of nitrogens with one attached hydrogen (secondary N) is 2. The second kappa shape index (κ2) is 13.2. The summed E-state index contributed by atoms with van der Waals surface area (Å²) in [6.07, 6.45) is 3.46. The molecule has 0 heterocycles. The van der Waals surface area contributed by atoms with Crippen molar-refractivity contribution in [3.8, 4) is 0 Å². The minimum Gasteiger partial charge on any atom is -0.481 e. The molecule has 8 nitrogen and oxygen atoms in total. The molecule has 0 aliphatic carbocycles. The number of halogens is 1. The molecule has 196 valence electrons. The van der Waals surface area contributed by atoms with E-state index in [4.69, 9.17) is 0 Å². The molecule has 3 N–H and O–H groups in total. The van der Waals surface area contributed by atoms with E-state index in [1.807, 2.05) is 0 Å². The number of hydrogen-bond donors (Lipinski definition) is 3. The van der Waals surface area contributed by atoms with E-state index in [1.54, 1.807) is 69.6 Å². The number of carboxylic acid groups (broad SMARTS) is 1. The smallest absolute Gasteiger partial charge is 0.306 e. The summed E-state index contributed by atoms with van der Waals surface area (Å²) in [7, 11) is 0. The number of aliphatic imine (C=N–C) groups is 2. The van der Waals surface area contributed by atoms with Gasteiger partial charge in [-0.2, -0.15) is 0 Å². The normalized spacial score (nSPS) is 13.6. The molecule has 0 bridgehead atoms. The molecule has 0 aliphatic heterocycles. The van der Waals surface area contributed by atoms with Crippen molar-refractivity contribution in [2.24, 2.45) is 15.9 Å². The molecule has 0 unspecified atom stereocenters. The van der Waals surface area contributed by atoms with E-state index < -0.39 is 35.3 Å². The number of rotatable bonds is 12. The SMILES string of the molecule is C=N/C(=C\N=CC)c1ccc(C(=O)N[C@@H](C[C@H](C)C(=O)O)C(=O)NC(C)(C)Cc2ccc(F)cc2)cc1. The van der Waals surface area contributed by atoms with Crippen molar-refractivity contribution in [2.45, 2.75) is 52.1 Å². The maximum atomic E-state index is 13.2. The monoisotopic (exact) mass is 508 g/mol. The van der Waals surface area contributed by atoms with Gasteiger partial charge in [-0.05, 0) is 70.2 Å². The predicted octanol–water partition coefficient (Wildman–Crippen LogP) is 4.26. The molecule has 0 spiro atoms. The van der Waals surface area contributed by atoms with E-state index in [0.717, 1.165) is 5.56 Å². The highest BCUT2D eigenvalue weighted by Crippen LogP contribution is 2.18. The van der Waals surface area contributed by atoms with Crippen LogP contribution in [-0.4, -0.2) is 47.4 Å². The quantitative estimate of drug-likeness (QED) is 0.371. The zero-order chi connectivity index (χ0) is 27.6. The van der Waals surface area contributed by atoms with Gasteiger partial charge >= 0.3 is 5.97 Å². The molecule has 2 aromatic rings. The summed E-state index contributed by atoms with van der Waals surface area (Å²) in [5, 5.41) is 14.9. The van der Waals surface area contributed by atoms with Gasteiger partial charge in [-0.3, -0.25) is 24.4 Å². The van der Waals surface area contributed by atoms with Gasteiger partial charge in [0.1, 0.15) is 11.9 Å². The molecule has 2 rings (SSSR count). The molecule has 2 aromatic carbocycles.